The van der Waals surface area contributed by atoms with Gasteiger partial charge >= 0.3 is 5.69 Å². The molecule has 1 amide bonds. The highest BCUT2D eigenvalue weighted by Gasteiger charge is 2.20. The number of nitrogens with one attached hydrogen (secondary N) is 1. The van der Waals surface area contributed by atoms with Crippen molar-refractivity contribution in [3.63, 3.8) is 0 Å². The third-order valence-corrected chi connectivity index (χ3v) is 4.27. The first-order valence-corrected chi connectivity index (χ1v) is 9.14. The average molecular weight is 378 g/mol. The lowest BCUT2D eigenvalue weighted by Gasteiger charge is -2.12. The van der Waals surface area contributed by atoms with Crippen LogP contribution in [-0.4, -0.2) is 26.8 Å². The van der Waals surface area contributed by atoms with E-state index in [-0.39, 0.29) is 12.2 Å². The molecule has 3 aromatic rings. The molecule has 0 aliphatic heterocycles. The van der Waals surface area contributed by atoms with Gasteiger partial charge in [-0.3, -0.25) is 14.2 Å². The van der Waals surface area contributed by atoms with Crippen molar-refractivity contribution < 1.29 is 4.79 Å². The van der Waals surface area contributed by atoms with Crippen molar-refractivity contribution in [3.8, 4) is 5.69 Å². The van der Waals surface area contributed by atoms with Crippen molar-refractivity contribution in [1.82, 2.24) is 19.7 Å². The SMILES string of the molecule is CCCNC(=O)c1nn(-c2ccccc2)c(=O)n(Cc2ccc(C)cc2)c1=O. The minimum absolute atomic E-state index is 0.0569. The first kappa shape index (κ1) is 19.3. The summed E-state index contributed by atoms with van der Waals surface area (Å²) >= 11 is 0. The third-order valence-electron chi connectivity index (χ3n) is 4.27. The summed E-state index contributed by atoms with van der Waals surface area (Å²) in [5.41, 5.74) is 0.747. The zero-order valence-electron chi connectivity index (χ0n) is 15.9. The summed E-state index contributed by atoms with van der Waals surface area (Å²) in [5.74, 6) is -0.589. The summed E-state index contributed by atoms with van der Waals surface area (Å²) in [6.45, 7) is 4.35. The van der Waals surface area contributed by atoms with Gasteiger partial charge < -0.3 is 5.32 Å². The molecule has 1 N–H and O–H groups in total. The number of hydrogen-bond donors (Lipinski definition) is 1. The minimum atomic E-state index is -0.702. The van der Waals surface area contributed by atoms with Gasteiger partial charge in [0.05, 0.1) is 12.2 Å². The van der Waals surface area contributed by atoms with Crippen LogP contribution in [0.25, 0.3) is 5.69 Å². The normalized spacial score (nSPS) is 10.6. The molecular weight excluding hydrogens is 356 g/mol. The van der Waals surface area contributed by atoms with Gasteiger partial charge in [-0.25, -0.2) is 4.79 Å². The molecule has 7 heteroatoms. The van der Waals surface area contributed by atoms with Crippen molar-refractivity contribution in [1.29, 1.82) is 0 Å². The zero-order chi connectivity index (χ0) is 20.1. The maximum Gasteiger partial charge on any atom is 0.352 e. The molecule has 3 rings (SSSR count). The van der Waals surface area contributed by atoms with E-state index in [1.807, 2.05) is 44.2 Å². The number of carbonyl (C=O) groups is 1. The van der Waals surface area contributed by atoms with Gasteiger partial charge in [0.1, 0.15) is 0 Å². The molecule has 0 unspecified atom stereocenters. The predicted octanol–water partition coefficient (Wildman–Crippen LogP) is 1.89. The summed E-state index contributed by atoms with van der Waals surface area (Å²) in [6, 6.07) is 16.2. The Morgan fingerprint density at radius 2 is 1.71 bits per heavy atom. The van der Waals surface area contributed by atoms with Gasteiger partial charge in [-0.05, 0) is 31.0 Å². The highest BCUT2D eigenvalue weighted by molar-refractivity contribution is 5.91. The van der Waals surface area contributed by atoms with Crippen LogP contribution >= 0.6 is 0 Å². The zero-order valence-corrected chi connectivity index (χ0v) is 15.9. The number of aromatic nitrogens is 3. The van der Waals surface area contributed by atoms with Gasteiger partial charge in [0.25, 0.3) is 11.5 Å². The Hall–Kier alpha value is -3.48. The molecule has 0 radical (unpaired) electrons. The lowest BCUT2D eigenvalue weighted by molar-refractivity contribution is 0.0944. The maximum absolute atomic E-state index is 13.0. The van der Waals surface area contributed by atoms with Crippen molar-refractivity contribution in [2.45, 2.75) is 26.8 Å². The summed E-state index contributed by atoms with van der Waals surface area (Å²) in [7, 11) is 0. The number of aryl methyl sites for hydroxylation is 1. The molecule has 7 nitrogen and oxygen atoms in total. The van der Waals surface area contributed by atoms with Crippen LogP contribution in [0, 0.1) is 6.92 Å². The fraction of sp³-hybridized carbons (Fsp3) is 0.238. The molecule has 0 saturated carbocycles. The second-order valence-corrected chi connectivity index (χ2v) is 6.51. The van der Waals surface area contributed by atoms with E-state index in [2.05, 4.69) is 10.4 Å². The second-order valence-electron chi connectivity index (χ2n) is 6.51. The van der Waals surface area contributed by atoms with E-state index in [1.165, 1.54) is 0 Å². The van der Waals surface area contributed by atoms with Gasteiger partial charge in [0.15, 0.2) is 0 Å². The fourth-order valence-corrected chi connectivity index (χ4v) is 2.73. The van der Waals surface area contributed by atoms with Crippen LogP contribution in [-0.2, 0) is 6.54 Å². The van der Waals surface area contributed by atoms with Crippen LogP contribution in [0.2, 0.25) is 0 Å². The highest BCUT2D eigenvalue weighted by atomic mass is 16.2. The molecule has 1 aromatic heterocycles. The van der Waals surface area contributed by atoms with E-state index in [4.69, 9.17) is 0 Å². The molecule has 0 atom stereocenters. The van der Waals surface area contributed by atoms with E-state index in [0.29, 0.717) is 12.2 Å². The van der Waals surface area contributed by atoms with Gasteiger partial charge in [-0.15, -0.1) is 0 Å². The van der Waals surface area contributed by atoms with E-state index in [1.54, 1.807) is 24.3 Å². The number of benzene rings is 2. The Bertz CT molecular complexity index is 1080. The smallest absolute Gasteiger partial charge is 0.350 e. The number of rotatable bonds is 6. The molecule has 1 heterocycles. The molecule has 28 heavy (non-hydrogen) atoms. The van der Waals surface area contributed by atoms with Crippen LogP contribution in [0.15, 0.2) is 64.2 Å². The molecular formula is C21H22N4O3. The average Bonchev–Trinajstić information content (AvgIpc) is 2.71. The van der Waals surface area contributed by atoms with Gasteiger partial charge in [0, 0.05) is 6.54 Å². The Kier molecular flexibility index (Phi) is 5.84. The van der Waals surface area contributed by atoms with E-state index in [0.717, 1.165) is 26.8 Å². The molecule has 0 bridgehead atoms. The van der Waals surface area contributed by atoms with Crippen molar-refractivity contribution >= 4 is 5.91 Å². The number of para-hydroxylation sites is 1. The highest BCUT2D eigenvalue weighted by Crippen LogP contribution is 2.05. The standard InChI is InChI=1S/C21H22N4O3/c1-3-13-22-19(26)18-20(27)24(14-16-11-9-15(2)10-12-16)21(28)25(23-18)17-7-5-4-6-8-17/h4-12H,3,13-14H2,1-2H3,(H,22,26). The quantitative estimate of drug-likeness (QED) is 0.710. The maximum atomic E-state index is 13.0. The number of carbonyl (C=O) groups excluding carboxylic acids is 1. The molecule has 2 aromatic carbocycles. The number of nitrogens with zero attached hydrogens (tertiary/aromatic N) is 3. The first-order valence-electron chi connectivity index (χ1n) is 9.14. The second kappa shape index (κ2) is 8.47. The number of hydrogen-bond acceptors (Lipinski definition) is 4. The fourth-order valence-electron chi connectivity index (χ4n) is 2.73. The van der Waals surface area contributed by atoms with Crippen LogP contribution < -0.4 is 16.6 Å². The largest absolute Gasteiger partial charge is 0.352 e. The number of amides is 1. The Balaban J connectivity index is 2.16. The molecule has 0 aliphatic carbocycles. The topological polar surface area (TPSA) is 86.0 Å². The summed E-state index contributed by atoms with van der Waals surface area (Å²) in [4.78, 5) is 38.3. The molecule has 144 valence electrons. The van der Waals surface area contributed by atoms with Crippen molar-refractivity contribution in [2.75, 3.05) is 6.54 Å². The third kappa shape index (κ3) is 4.09. The first-order chi connectivity index (χ1) is 13.5. The van der Waals surface area contributed by atoms with Gasteiger partial charge in [0.2, 0.25) is 5.69 Å². The lowest BCUT2D eigenvalue weighted by Crippen LogP contribution is -2.46. The van der Waals surface area contributed by atoms with Crippen LogP contribution in [0.4, 0.5) is 0 Å². The lowest BCUT2D eigenvalue weighted by atomic mass is 10.1. The predicted molar refractivity (Wildman–Crippen MR) is 107 cm³/mol. The van der Waals surface area contributed by atoms with E-state index >= 15 is 0 Å². The molecule has 0 spiro atoms. The summed E-state index contributed by atoms with van der Waals surface area (Å²) < 4.78 is 2.14. The monoisotopic (exact) mass is 378 g/mol. The van der Waals surface area contributed by atoms with Crippen LogP contribution in [0.3, 0.4) is 0 Å². The summed E-state index contributed by atoms with van der Waals surface area (Å²) in [6.07, 6.45) is 0.724. The minimum Gasteiger partial charge on any atom is -0.350 e. The van der Waals surface area contributed by atoms with E-state index < -0.39 is 17.2 Å². The Morgan fingerprint density at radius 3 is 2.36 bits per heavy atom. The van der Waals surface area contributed by atoms with Gasteiger partial charge in [-0.1, -0.05) is 55.0 Å². The summed E-state index contributed by atoms with van der Waals surface area (Å²) in [5, 5.41) is 6.73. The van der Waals surface area contributed by atoms with Gasteiger partial charge in [-0.2, -0.15) is 9.78 Å². The van der Waals surface area contributed by atoms with Crippen LogP contribution in [0.5, 0.6) is 0 Å². The Labute approximate surface area is 162 Å². The van der Waals surface area contributed by atoms with E-state index in [9.17, 15) is 14.4 Å². The van der Waals surface area contributed by atoms with Crippen molar-refractivity contribution in [3.05, 3.63) is 92.3 Å². The molecule has 0 fully saturated rings. The molecule has 0 aliphatic rings. The molecule has 0 saturated heterocycles. The Morgan fingerprint density at radius 1 is 1.04 bits per heavy atom. The van der Waals surface area contributed by atoms with Crippen LogP contribution in [0.1, 0.15) is 35.0 Å². The van der Waals surface area contributed by atoms with Crippen molar-refractivity contribution in [2.24, 2.45) is 0 Å².